The molecule has 0 aliphatic carbocycles. The van der Waals surface area contributed by atoms with Gasteiger partial charge in [0, 0.05) is 5.56 Å². The molecule has 166 valence electrons. The molecule has 8 nitrogen and oxygen atoms in total. The molecule has 1 aliphatic rings. The molecule has 0 radical (unpaired) electrons. The number of rotatable bonds is 6. The molecule has 0 saturated carbocycles. The summed E-state index contributed by atoms with van der Waals surface area (Å²) < 4.78 is 11.2. The first-order chi connectivity index (χ1) is 15.9. The average molecular weight is 462 g/mol. The third-order valence-corrected chi connectivity index (χ3v) is 5.12. The van der Waals surface area contributed by atoms with Gasteiger partial charge in [-0.25, -0.2) is 4.79 Å². The minimum Gasteiger partial charge on any atom is -0.494 e. The number of anilines is 1. The van der Waals surface area contributed by atoms with Crippen LogP contribution in [-0.4, -0.2) is 34.6 Å². The number of ether oxygens (including phenoxy) is 1. The van der Waals surface area contributed by atoms with Crippen LogP contribution in [0.15, 0.2) is 70.7 Å². The van der Waals surface area contributed by atoms with Crippen molar-refractivity contribution in [1.82, 2.24) is 5.32 Å². The van der Waals surface area contributed by atoms with Crippen molar-refractivity contribution in [1.29, 1.82) is 0 Å². The zero-order valence-corrected chi connectivity index (χ0v) is 18.2. The van der Waals surface area contributed by atoms with Crippen molar-refractivity contribution < 1.29 is 28.6 Å². The van der Waals surface area contributed by atoms with Crippen LogP contribution in [0.5, 0.6) is 5.75 Å². The summed E-state index contributed by atoms with van der Waals surface area (Å²) in [5, 5.41) is 11.5. The number of hydrogen-bond acceptors (Lipinski definition) is 6. The van der Waals surface area contributed by atoms with E-state index in [4.69, 9.17) is 26.5 Å². The van der Waals surface area contributed by atoms with Gasteiger partial charge < -0.3 is 14.3 Å². The van der Waals surface area contributed by atoms with Crippen LogP contribution in [0.25, 0.3) is 17.4 Å². The summed E-state index contributed by atoms with van der Waals surface area (Å²) in [6.45, 7) is 2.38. The predicted molar refractivity (Wildman–Crippen MR) is 125 cm³/mol. The van der Waals surface area contributed by atoms with Crippen molar-refractivity contribution in [2.75, 3.05) is 11.5 Å². The molecule has 0 unspecified atom stereocenters. The Labute approximate surface area is 194 Å². The number of furan rings is 1. The van der Waals surface area contributed by atoms with Crippen LogP contribution in [0.2, 0.25) is 0 Å². The topological polar surface area (TPSA) is 109 Å². The Kier molecular flexibility index (Phi) is 6.05. The van der Waals surface area contributed by atoms with Gasteiger partial charge in [0.15, 0.2) is 5.11 Å². The maximum absolute atomic E-state index is 13.1. The van der Waals surface area contributed by atoms with E-state index < -0.39 is 17.8 Å². The molecule has 2 heterocycles. The van der Waals surface area contributed by atoms with E-state index in [9.17, 15) is 14.4 Å². The first-order valence-corrected chi connectivity index (χ1v) is 10.4. The Hall–Kier alpha value is -4.24. The lowest BCUT2D eigenvalue weighted by atomic mass is 10.1. The maximum Gasteiger partial charge on any atom is 0.335 e. The van der Waals surface area contributed by atoms with Gasteiger partial charge in [-0.15, -0.1) is 0 Å². The highest BCUT2D eigenvalue weighted by atomic mass is 32.1. The molecular formula is C24H18N2O6S. The van der Waals surface area contributed by atoms with Crippen LogP contribution in [0.3, 0.4) is 0 Å². The van der Waals surface area contributed by atoms with Gasteiger partial charge in [0.2, 0.25) is 0 Å². The molecule has 2 aromatic carbocycles. The maximum atomic E-state index is 13.1. The summed E-state index contributed by atoms with van der Waals surface area (Å²) >= 11 is 5.21. The molecule has 2 amide bonds. The van der Waals surface area contributed by atoms with E-state index >= 15 is 0 Å². The standard InChI is InChI=1S/C24H18N2O6S/c1-2-31-17-9-7-16(8-10-17)26-22(28)19(21(27)25-24(26)33)13-18-11-12-20(32-18)14-3-5-15(6-4-14)23(29)30/h3-13H,2H2,1H3,(H,29,30)(H,25,27,33)/b19-13+. The highest BCUT2D eigenvalue weighted by Crippen LogP contribution is 2.27. The van der Waals surface area contributed by atoms with Gasteiger partial charge >= 0.3 is 5.97 Å². The summed E-state index contributed by atoms with van der Waals surface area (Å²) in [4.78, 5) is 37.8. The summed E-state index contributed by atoms with van der Waals surface area (Å²) in [5.41, 5.74) is 1.15. The lowest BCUT2D eigenvalue weighted by Gasteiger charge is -2.28. The largest absolute Gasteiger partial charge is 0.494 e. The van der Waals surface area contributed by atoms with Gasteiger partial charge in [-0.2, -0.15) is 0 Å². The predicted octanol–water partition coefficient (Wildman–Crippen LogP) is 3.87. The second-order valence-corrected chi connectivity index (χ2v) is 7.36. The van der Waals surface area contributed by atoms with Gasteiger partial charge in [-0.1, -0.05) is 12.1 Å². The van der Waals surface area contributed by atoms with Gasteiger partial charge in [0.05, 0.1) is 17.9 Å². The van der Waals surface area contributed by atoms with Crippen molar-refractivity contribution in [3.8, 4) is 17.1 Å². The van der Waals surface area contributed by atoms with Gasteiger partial charge in [0.1, 0.15) is 22.8 Å². The van der Waals surface area contributed by atoms with E-state index in [1.165, 1.54) is 23.1 Å². The molecule has 0 spiro atoms. The lowest BCUT2D eigenvalue weighted by Crippen LogP contribution is -2.54. The molecule has 9 heteroatoms. The molecule has 33 heavy (non-hydrogen) atoms. The number of hydrogen-bond donors (Lipinski definition) is 2. The smallest absolute Gasteiger partial charge is 0.335 e. The second-order valence-electron chi connectivity index (χ2n) is 6.97. The Bertz CT molecular complexity index is 1280. The number of aromatic carboxylic acids is 1. The number of thiocarbonyl (C=S) groups is 1. The van der Waals surface area contributed by atoms with Crippen LogP contribution in [0.1, 0.15) is 23.0 Å². The van der Waals surface area contributed by atoms with Crippen LogP contribution >= 0.6 is 12.2 Å². The minimum absolute atomic E-state index is 0.0232. The van der Waals surface area contributed by atoms with E-state index in [0.29, 0.717) is 29.4 Å². The monoisotopic (exact) mass is 462 g/mol. The summed E-state index contributed by atoms with van der Waals surface area (Å²) in [7, 11) is 0. The third-order valence-electron chi connectivity index (χ3n) is 4.84. The zero-order valence-electron chi connectivity index (χ0n) is 17.4. The van der Waals surface area contributed by atoms with E-state index in [1.807, 2.05) is 6.92 Å². The molecule has 1 saturated heterocycles. The van der Waals surface area contributed by atoms with Crippen LogP contribution in [0, 0.1) is 0 Å². The number of carboxylic acids is 1. The number of nitrogens with one attached hydrogen (secondary N) is 1. The number of carbonyl (C=O) groups is 3. The first kappa shape index (κ1) is 22.0. The van der Waals surface area contributed by atoms with E-state index in [1.54, 1.807) is 48.5 Å². The van der Waals surface area contributed by atoms with Gasteiger partial charge in [-0.05, 0) is 73.7 Å². The quantitative estimate of drug-likeness (QED) is 0.325. The average Bonchev–Trinajstić information content (AvgIpc) is 3.27. The molecule has 0 bridgehead atoms. The zero-order chi connectivity index (χ0) is 23.5. The van der Waals surface area contributed by atoms with Crippen LogP contribution < -0.4 is 15.0 Å². The second kappa shape index (κ2) is 9.09. The first-order valence-electron chi connectivity index (χ1n) is 9.95. The fraction of sp³-hybridized carbons (Fsp3) is 0.0833. The van der Waals surface area contributed by atoms with Crippen molar-refractivity contribution in [3.63, 3.8) is 0 Å². The Balaban J connectivity index is 1.60. The Morgan fingerprint density at radius 2 is 1.79 bits per heavy atom. The third kappa shape index (κ3) is 4.53. The molecule has 3 aromatic rings. The van der Waals surface area contributed by atoms with E-state index in [-0.39, 0.29) is 22.0 Å². The molecule has 1 aromatic heterocycles. The van der Waals surface area contributed by atoms with Gasteiger partial charge in [-0.3, -0.25) is 19.8 Å². The summed E-state index contributed by atoms with van der Waals surface area (Å²) in [6.07, 6.45) is 1.34. The number of carboxylic acid groups (broad SMARTS) is 1. The Morgan fingerprint density at radius 1 is 1.09 bits per heavy atom. The number of amides is 2. The fourth-order valence-electron chi connectivity index (χ4n) is 3.25. The molecule has 2 N–H and O–H groups in total. The van der Waals surface area contributed by atoms with E-state index in [0.717, 1.165) is 0 Å². The summed E-state index contributed by atoms with van der Waals surface area (Å²) in [6, 6.07) is 16.2. The van der Waals surface area contributed by atoms with E-state index in [2.05, 4.69) is 5.32 Å². The Morgan fingerprint density at radius 3 is 2.42 bits per heavy atom. The number of benzene rings is 2. The SMILES string of the molecule is CCOc1ccc(N2C(=O)/C(=C/c3ccc(-c4ccc(C(=O)O)cc4)o3)C(=O)NC2=S)cc1. The highest BCUT2D eigenvalue weighted by Gasteiger charge is 2.34. The molecule has 0 atom stereocenters. The van der Waals surface area contributed by atoms with Crippen LogP contribution in [0.4, 0.5) is 5.69 Å². The van der Waals surface area contributed by atoms with Crippen molar-refractivity contribution in [2.45, 2.75) is 6.92 Å². The van der Waals surface area contributed by atoms with Gasteiger partial charge in [0.25, 0.3) is 11.8 Å². The summed E-state index contributed by atoms with van der Waals surface area (Å²) in [5.74, 6) is -0.849. The number of carbonyl (C=O) groups excluding carboxylic acids is 2. The van der Waals surface area contributed by atoms with Crippen molar-refractivity contribution >= 4 is 46.9 Å². The minimum atomic E-state index is -1.02. The molecule has 4 rings (SSSR count). The highest BCUT2D eigenvalue weighted by molar-refractivity contribution is 7.80. The van der Waals surface area contributed by atoms with Crippen LogP contribution in [-0.2, 0) is 9.59 Å². The number of nitrogens with zero attached hydrogens (tertiary/aromatic N) is 1. The fourth-order valence-corrected chi connectivity index (χ4v) is 3.54. The molecular weight excluding hydrogens is 444 g/mol. The van der Waals surface area contributed by atoms with Crippen molar-refractivity contribution in [3.05, 3.63) is 77.6 Å². The lowest BCUT2D eigenvalue weighted by molar-refractivity contribution is -0.122. The molecule has 1 fully saturated rings. The normalized spacial score (nSPS) is 15.0. The molecule has 1 aliphatic heterocycles. The van der Waals surface area contributed by atoms with Crippen molar-refractivity contribution in [2.24, 2.45) is 0 Å².